The number of halogens is 1. The van der Waals surface area contributed by atoms with Gasteiger partial charge in [-0.2, -0.15) is 0 Å². The van der Waals surface area contributed by atoms with E-state index in [0.29, 0.717) is 11.8 Å². The summed E-state index contributed by atoms with van der Waals surface area (Å²) < 4.78 is 0. The van der Waals surface area contributed by atoms with Gasteiger partial charge in [-0.1, -0.05) is 59.4 Å². The minimum atomic E-state index is -0.146. The molecule has 0 aromatic heterocycles. The van der Waals surface area contributed by atoms with Gasteiger partial charge in [-0.25, -0.2) is 0 Å². The van der Waals surface area contributed by atoms with Gasteiger partial charge < -0.3 is 21.2 Å². The zero-order chi connectivity index (χ0) is 21.0. The van der Waals surface area contributed by atoms with Crippen LogP contribution in [0.4, 0.5) is 0 Å². The van der Waals surface area contributed by atoms with Gasteiger partial charge in [-0.15, -0.1) is 11.6 Å². The highest BCUT2D eigenvalue weighted by atomic mass is 35.5. The maximum Gasteiger partial charge on any atom is 0.239 e. The van der Waals surface area contributed by atoms with Crippen molar-refractivity contribution in [3.05, 3.63) is 36.1 Å². The summed E-state index contributed by atoms with van der Waals surface area (Å²) in [6.45, 7) is 11.2. The molecule has 3 aliphatic rings. The summed E-state index contributed by atoms with van der Waals surface area (Å²) in [4.78, 5) is 19.7. The molecule has 0 aromatic rings. The molecule has 1 fully saturated rings. The Kier molecular flexibility index (Phi) is 12.7. The first-order valence-corrected chi connectivity index (χ1v) is 11.4. The van der Waals surface area contributed by atoms with Gasteiger partial charge in [-0.05, 0) is 42.1 Å². The van der Waals surface area contributed by atoms with Crippen LogP contribution >= 0.6 is 11.6 Å². The monoisotopic (exact) mass is 469 g/mol. The number of carbonyl (C=O) groups is 1. The molecule has 4 atom stereocenters. The molecular weight excluding hydrogens is 426 g/mol. The van der Waals surface area contributed by atoms with Crippen LogP contribution < -0.4 is 5.32 Å². The molecule has 2 heterocycles. The molecule has 184 valence electrons. The third-order valence-electron chi connectivity index (χ3n) is 6.48. The van der Waals surface area contributed by atoms with Crippen molar-refractivity contribution in [2.24, 2.45) is 28.2 Å². The smallest absolute Gasteiger partial charge is 0.239 e. The number of alkyl halides is 1. The number of nitrogens with one attached hydrogen (secondary N) is 1. The lowest BCUT2D eigenvalue weighted by Gasteiger charge is -2.46. The standard InChI is InChI=1S/C24H36ClN3O.CH4.2H2O/c1-17(2)22(27-15-18-6-5-12-26-14-18)23(29)28-13-11-21(24(3,4)16-28)19-7-9-20(25)10-8-19;;;/h5,7-9,12,14,17-18,20-22,27H,6,10-11,13,15-16H2,1-4H3;1H4;2*1H2/t18?,20?,21?,22-;;;/m1.../s1. The van der Waals surface area contributed by atoms with Crippen molar-refractivity contribution in [3.63, 3.8) is 0 Å². The minimum absolute atomic E-state index is 0. The summed E-state index contributed by atoms with van der Waals surface area (Å²) in [5.41, 5.74) is 1.44. The van der Waals surface area contributed by atoms with E-state index < -0.39 is 0 Å². The van der Waals surface area contributed by atoms with E-state index in [0.717, 1.165) is 38.9 Å². The number of hydrogen-bond acceptors (Lipinski definition) is 3. The maximum atomic E-state index is 13.4. The van der Waals surface area contributed by atoms with Crippen molar-refractivity contribution in [2.75, 3.05) is 19.6 Å². The Hall–Kier alpha value is -1.47. The number of hydrogen-bond donors (Lipinski definition) is 1. The van der Waals surface area contributed by atoms with E-state index in [1.807, 2.05) is 12.4 Å². The third kappa shape index (κ3) is 7.55. The van der Waals surface area contributed by atoms with Crippen molar-refractivity contribution < 1.29 is 15.7 Å². The van der Waals surface area contributed by atoms with Gasteiger partial charge >= 0.3 is 0 Å². The van der Waals surface area contributed by atoms with Gasteiger partial charge in [-0.3, -0.25) is 9.79 Å². The van der Waals surface area contributed by atoms with Gasteiger partial charge in [0, 0.05) is 38.0 Å². The second-order valence-electron chi connectivity index (χ2n) is 9.71. The van der Waals surface area contributed by atoms with E-state index in [1.54, 1.807) is 0 Å². The molecular formula is C25H44ClN3O3. The highest BCUT2D eigenvalue weighted by molar-refractivity contribution is 6.22. The molecule has 6 nitrogen and oxygen atoms in total. The SMILES string of the molecule is C.CC(C)[C@@H](NCC1C=NC=CC1)C(=O)N1CCC(C2=CCC(Cl)C=C2)C(C)(C)C1.O.O. The van der Waals surface area contributed by atoms with Crippen LogP contribution in [0.3, 0.4) is 0 Å². The lowest BCUT2D eigenvalue weighted by Crippen LogP contribution is -2.56. The fourth-order valence-electron chi connectivity index (χ4n) is 4.78. The van der Waals surface area contributed by atoms with Crippen LogP contribution in [0.1, 0.15) is 54.4 Å². The first-order chi connectivity index (χ1) is 13.8. The molecule has 7 heteroatoms. The van der Waals surface area contributed by atoms with Crippen LogP contribution in [0.2, 0.25) is 0 Å². The Morgan fingerprint density at radius 1 is 1.31 bits per heavy atom. The lowest BCUT2D eigenvalue weighted by molar-refractivity contribution is -0.138. The predicted octanol–water partition coefficient (Wildman–Crippen LogP) is 3.56. The van der Waals surface area contributed by atoms with Crippen molar-refractivity contribution in [1.82, 2.24) is 10.2 Å². The number of piperidine rings is 1. The quantitative estimate of drug-likeness (QED) is 0.600. The Morgan fingerprint density at radius 3 is 2.56 bits per heavy atom. The lowest BCUT2D eigenvalue weighted by atomic mass is 9.69. The van der Waals surface area contributed by atoms with Gasteiger partial charge in [0.1, 0.15) is 0 Å². The summed E-state index contributed by atoms with van der Waals surface area (Å²) in [7, 11) is 0. The van der Waals surface area contributed by atoms with E-state index >= 15 is 0 Å². The largest absolute Gasteiger partial charge is 0.412 e. The molecule has 5 N–H and O–H groups in total. The number of allylic oxidation sites excluding steroid dienone is 5. The van der Waals surface area contributed by atoms with E-state index in [9.17, 15) is 4.79 Å². The van der Waals surface area contributed by atoms with E-state index in [1.165, 1.54) is 5.57 Å². The molecule has 3 unspecified atom stereocenters. The second-order valence-corrected chi connectivity index (χ2v) is 10.3. The molecule has 2 aliphatic heterocycles. The highest BCUT2D eigenvalue weighted by Gasteiger charge is 2.40. The minimum Gasteiger partial charge on any atom is -0.412 e. The molecule has 3 rings (SSSR count). The van der Waals surface area contributed by atoms with E-state index in [4.69, 9.17) is 11.6 Å². The first kappa shape index (κ1) is 30.5. The fourth-order valence-corrected chi connectivity index (χ4v) is 4.94. The molecule has 32 heavy (non-hydrogen) atoms. The molecule has 1 aliphatic carbocycles. The Morgan fingerprint density at radius 2 is 2.03 bits per heavy atom. The molecule has 0 spiro atoms. The topological polar surface area (TPSA) is 108 Å². The summed E-state index contributed by atoms with van der Waals surface area (Å²) in [6, 6.07) is -0.146. The van der Waals surface area contributed by atoms with E-state index in [-0.39, 0.29) is 47.0 Å². The van der Waals surface area contributed by atoms with Crippen LogP contribution in [0.15, 0.2) is 41.1 Å². The van der Waals surface area contributed by atoms with Crippen molar-refractivity contribution in [3.8, 4) is 0 Å². The van der Waals surface area contributed by atoms with E-state index in [2.05, 4.69) is 67.2 Å². The summed E-state index contributed by atoms with van der Waals surface area (Å²) in [5, 5.41) is 3.66. The summed E-state index contributed by atoms with van der Waals surface area (Å²) >= 11 is 6.20. The molecule has 0 radical (unpaired) electrons. The highest BCUT2D eigenvalue weighted by Crippen LogP contribution is 2.41. The van der Waals surface area contributed by atoms with Crippen LogP contribution in [0.25, 0.3) is 0 Å². The van der Waals surface area contributed by atoms with Gasteiger partial charge in [0.2, 0.25) is 5.91 Å². The molecule has 1 saturated heterocycles. The number of amides is 1. The van der Waals surface area contributed by atoms with Gasteiger partial charge in [0.05, 0.1) is 11.4 Å². The molecule has 0 bridgehead atoms. The van der Waals surface area contributed by atoms with Crippen LogP contribution in [0.5, 0.6) is 0 Å². The van der Waals surface area contributed by atoms with Crippen molar-refractivity contribution >= 4 is 23.7 Å². The van der Waals surface area contributed by atoms with Gasteiger partial charge in [0.15, 0.2) is 0 Å². The van der Waals surface area contributed by atoms with Crippen LogP contribution in [-0.4, -0.2) is 59.0 Å². The fraction of sp³-hybridized carbons (Fsp3) is 0.680. The van der Waals surface area contributed by atoms with Gasteiger partial charge in [0.25, 0.3) is 0 Å². The Labute approximate surface area is 199 Å². The Bertz CT molecular complexity index is 715. The van der Waals surface area contributed by atoms with Crippen molar-refractivity contribution in [2.45, 2.75) is 65.8 Å². The number of carbonyl (C=O) groups excluding carboxylic acids is 1. The number of aliphatic imine (C=N–C) groups is 1. The number of likely N-dealkylation sites (tertiary alicyclic amines) is 1. The maximum absolute atomic E-state index is 13.4. The average molecular weight is 470 g/mol. The number of rotatable bonds is 6. The average Bonchev–Trinajstić information content (AvgIpc) is 2.68. The molecule has 0 aromatic carbocycles. The third-order valence-corrected chi connectivity index (χ3v) is 6.80. The Balaban J connectivity index is 0.00000320. The zero-order valence-corrected chi connectivity index (χ0v) is 20.0. The zero-order valence-electron chi connectivity index (χ0n) is 19.3. The molecule has 0 saturated carbocycles. The normalized spacial score (nSPS) is 27.0. The second kappa shape index (κ2) is 13.3. The van der Waals surface area contributed by atoms with Crippen LogP contribution in [-0.2, 0) is 4.79 Å². The summed E-state index contributed by atoms with van der Waals surface area (Å²) in [5.74, 6) is 1.34. The first-order valence-electron chi connectivity index (χ1n) is 11.0. The van der Waals surface area contributed by atoms with Crippen LogP contribution in [0, 0.1) is 23.2 Å². The van der Waals surface area contributed by atoms with Crippen molar-refractivity contribution in [1.29, 1.82) is 0 Å². The predicted molar refractivity (Wildman–Crippen MR) is 136 cm³/mol. The number of nitrogens with zero attached hydrogens (tertiary/aromatic N) is 2. The molecule has 1 amide bonds. The summed E-state index contributed by atoms with van der Waals surface area (Å²) in [6.07, 6.45) is 15.4.